The van der Waals surface area contributed by atoms with Crippen LogP contribution in [0.25, 0.3) is 5.69 Å². The lowest BCUT2D eigenvalue weighted by atomic mass is 10.1. The van der Waals surface area contributed by atoms with Crippen LogP contribution < -0.4 is 14.8 Å². The zero-order chi connectivity index (χ0) is 18.8. The summed E-state index contributed by atoms with van der Waals surface area (Å²) in [6.07, 6.45) is 3.65. The minimum atomic E-state index is -0.103. The number of aryl methyl sites for hydroxylation is 2. The van der Waals surface area contributed by atoms with Crippen LogP contribution in [-0.2, 0) is 4.79 Å². The highest BCUT2D eigenvalue weighted by Gasteiger charge is 2.15. The summed E-state index contributed by atoms with van der Waals surface area (Å²) < 4.78 is 12.6. The molecule has 138 valence electrons. The van der Waals surface area contributed by atoms with Crippen LogP contribution in [0.15, 0.2) is 53.9 Å². The van der Waals surface area contributed by atoms with Gasteiger partial charge in [-0.15, -0.1) is 0 Å². The number of hydrogen-bond donors (Lipinski definition) is 1. The molecule has 6 nitrogen and oxygen atoms in total. The van der Waals surface area contributed by atoms with E-state index in [9.17, 15) is 4.79 Å². The molecule has 1 aromatic heterocycles. The van der Waals surface area contributed by atoms with E-state index in [0.717, 1.165) is 10.8 Å². The number of carbonyl (C=O) groups excluding carboxylic acids is 1. The van der Waals surface area contributed by atoms with Crippen LogP contribution >= 0.6 is 11.8 Å². The number of rotatable bonds is 5. The van der Waals surface area contributed by atoms with Crippen molar-refractivity contribution in [2.75, 3.05) is 17.9 Å². The van der Waals surface area contributed by atoms with Gasteiger partial charge in [0.05, 0.1) is 5.75 Å². The Morgan fingerprint density at radius 1 is 1.15 bits per heavy atom. The fraction of sp³-hybridized carbons (Fsp3) is 0.200. The van der Waals surface area contributed by atoms with E-state index in [-0.39, 0.29) is 18.5 Å². The van der Waals surface area contributed by atoms with Crippen LogP contribution in [0.3, 0.4) is 0 Å². The SMILES string of the molecule is Cc1ccc(-n2ccnc2SCC(=O)Nc2ccc3c(c2)OCO3)cc1C. The lowest BCUT2D eigenvalue weighted by Crippen LogP contribution is -2.14. The van der Waals surface area contributed by atoms with Crippen molar-refractivity contribution in [2.45, 2.75) is 19.0 Å². The lowest BCUT2D eigenvalue weighted by molar-refractivity contribution is -0.113. The van der Waals surface area contributed by atoms with E-state index in [1.165, 1.54) is 22.9 Å². The van der Waals surface area contributed by atoms with E-state index < -0.39 is 0 Å². The number of nitrogens with one attached hydrogen (secondary N) is 1. The first-order valence-electron chi connectivity index (χ1n) is 8.53. The van der Waals surface area contributed by atoms with Crippen molar-refractivity contribution in [3.8, 4) is 17.2 Å². The maximum absolute atomic E-state index is 12.3. The molecule has 4 rings (SSSR count). The Balaban J connectivity index is 1.41. The number of thioether (sulfide) groups is 1. The third-order valence-electron chi connectivity index (χ3n) is 4.36. The Kier molecular flexibility index (Phi) is 4.77. The van der Waals surface area contributed by atoms with Crippen molar-refractivity contribution in [1.82, 2.24) is 9.55 Å². The summed E-state index contributed by atoms with van der Waals surface area (Å²) in [6, 6.07) is 11.6. The average molecular weight is 381 g/mol. The van der Waals surface area contributed by atoms with Crippen LogP contribution in [0, 0.1) is 13.8 Å². The molecule has 0 saturated carbocycles. The van der Waals surface area contributed by atoms with E-state index in [1.54, 1.807) is 24.4 Å². The third kappa shape index (κ3) is 3.78. The average Bonchev–Trinajstić information content (AvgIpc) is 3.31. The molecule has 3 aromatic rings. The Labute approximate surface area is 161 Å². The van der Waals surface area contributed by atoms with Gasteiger partial charge in [-0.1, -0.05) is 17.8 Å². The topological polar surface area (TPSA) is 65.4 Å². The predicted octanol–water partition coefficient (Wildman–Crippen LogP) is 3.95. The minimum Gasteiger partial charge on any atom is -0.454 e. The van der Waals surface area contributed by atoms with Gasteiger partial charge >= 0.3 is 0 Å². The second-order valence-corrected chi connectivity index (χ2v) is 7.20. The molecule has 2 heterocycles. The summed E-state index contributed by atoms with van der Waals surface area (Å²) in [6.45, 7) is 4.38. The molecule has 0 saturated heterocycles. The lowest BCUT2D eigenvalue weighted by Gasteiger charge is -2.10. The van der Waals surface area contributed by atoms with Gasteiger partial charge in [-0.3, -0.25) is 9.36 Å². The Morgan fingerprint density at radius 3 is 2.85 bits per heavy atom. The molecule has 0 spiro atoms. The zero-order valence-corrected chi connectivity index (χ0v) is 15.9. The number of aromatic nitrogens is 2. The molecule has 7 heteroatoms. The van der Waals surface area contributed by atoms with Crippen molar-refractivity contribution < 1.29 is 14.3 Å². The maximum atomic E-state index is 12.3. The molecule has 1 aliphatic rings. The monoisotopic (exact) mass is 381 g/mol. The van der Waals surface area contributed by atoms with Gasteiger partial charge in [0.1, 0.15) is 0 Å². The molecule has 1 amide bonds. The second kappa shape index (κ2) is 7.36. The highest BCUT2D eigenvalue weighted by atomic mass is 32.2. The van der Waals surface area contributed by atoms with Crippen molar-refractivity contribution in [3.63, 3.8) is 0 Å². The largest absolute Gasteiger partial charge is 0.454 e. The molecular formula is C20H19N3O3S. The standard InChI is InChI=1S/C20H19N3O3S/c1-13-3-5-16(9-14(13)2)23-8-7-21-20(23)27-11-19(24)22-15-4-6-17-18(10-15)26-12-25-17/h3-10H,11-12H2,1-2H3,(H,22,24). The van der Waals surface area contributed by atoms with Gasteiger partial charge in [-0.05, 0) is 49.2 Å². The molecule has 0 unspecified atom stereocenters. The van der Waals surface area contributed by atoms with Crippen molar-refractivity contribution in [2.24, 2.45) is 0 Å². The first-order chi connectivity index (χ1) is 13.1. The fourth-order valence-corrected chi connectivity index (χ4v) is 3.54. The molecule has 1 N–H and O–H groups in total. The van der Waals surface area contributed by atoms with E-state index >= 15 is 0 Å². The number of hydrogen-bond acceptors (Lipinski definition) is 5. The number of amides is 1. The van der Waals surface area contributed by atoms with Crippen LogP contribution in [0.4, 0.5) is 5.69 Å². The van der Waals surface area contributed by atoms with Crippen LogP contribution in [0.1, 0.15) is 11.1 Å². The molecule has 0 radical (unpaired) electrons. The molecule has 0 atom stereocenters. The Morgan fingerprint density at radius 2 is 2.00 bits per heavy atom. The second-order valence-electron chi connectivity index (χ2n) is 6.25. The summed E-state index contributed by atoms with van der Waals surface area (Å²) in [7, 11) is 0. The number of imidazole rings is 1. The molecule has 27 heavy (non-hydrogen) atoms. The highest BCUT2D eigenvalue weighted by Crippen LogP contribution is 2.34. The van der Waals surface area contributed by atoms with E-state index in [0.29, 0.717) is 17.2 Å². The molecule has 0 fully saturated rings. The first kappa shape index (κ1) is 17.5. The number of nitrogens with zero attached hydrogens (tertiary/aromatic N) is 2. The van der Waals surface area contributed by atoms with Crippen molar-refractivity contribution in [3.05, 3.63) is 59.9 Å². The van der Waals surface area contributed by atoms with Crippen molar-refractivity contribution >= 4 is 23.4 Å². The quantitative estimate of drug-likeness (QED) is 0.678. The van der Waals surface area contributed by atoms with Gasteiger partial charge in [0.2, 0.25) is 12.7 Å². The van der Waals surface area contributed by atoms with E-state index in [4.69, 9.17) is 9.47 Å². The zero-order valence-electron chi connectivity index (χ0n) is 15.1. The summed E-state index contributed by atoms with van der Waals surface area (Å²) in [5, 5.41) is 3.65. The summed E-state index contributed by atoms with van der Waals surface area (Å²) in [4.78, 5) is 16.7. The van der Waals surface area contributed by atoms with Gasteiger partial charge in [0.25, 0.3) is 0 Å². The number of anilines is 1. The number of ether oxygens (including phenoxy) is 2. The van der Waals surface area contributed by atoms with Crippen molar-refractivity contribution in [1.29, 1.82) is 0 Å². The fourth-order valence-electron chi connectivity index (χ4n) is 2.77. The van der Waals surface area contributed by atoms with Crippen LogP contribution in [-0.4, -0.2) is 28.0 Å². The molecular weight excluding hydrogens is 362 g/mol. The smallest absolute Gasteiger partial charge is 0.234 e. The molecule has 0 bridgehead atoms. The third-order valence-corrected chi connectivity index (χ3v) is 5.33. The van der Waals surface area contributed by atoms with Gasteiger partial charge in [-0.2, -0.15) is 0 Å². The summed E-state index contributed by atoms with van der Waals surface area (Å²) >= 11 is 1.40. The first-order valence-corrected chi connectivity index (χ1v) is 9.52. The number of carbonyl (C=O) groups is 1. The van der Waals surface area contributed by atoms with Gasteiger partial charge in [0.15, 0.2) is 16.7 Å². The van der Waals surface area contributed by atoms with Gasteiger partial charge < -0.3 is 14.8 Å². The number of fused-ring (bicyclic) bond motifs is 1. The van der Waals surface area contributed by atoms with E-state index in [1.807, 2.05) is 10.8 Å². The maximum Gasteiger partial charge on any atom is 0.234 e. The van der Waals surface area contributed by atoms with Crippen LogP contribution in [0.5, 0.6) is 11.5 Å². The summed E-state index contributed by atoms with van der Waals surface area (Å²) in [5.74, 6) is 1.49. The molecule has 2 aromatic carbocycles. The highest BCUT2D eigenvalue weighted by molar-refractivity contribution is 7.99. The van der Waals surface area contributed by atoms with Gasteiger partial charge in [0, 0.05) is 29.8 Å². The normalized spacial score (nSPS) is 12.2. The minimum absolute atomic E-state index is 0.103. The molecule has 0 aliphatic carbocycles. The predicted molar refractivity (Wildman–Crippen MR) is 105 cm³/mol. The van der Waals surface area contributed by atoms with E-state index in [2.05, 4.69) is 42.3 Å². The summed E-state index contributed by atoms with van der Waals surface area (Å²) in [5.41, 5.74) is 4.19. The Bertz CT molecular complexity index is 1000. The molecule has 1 aliphatic heterocycles. The van der Waals surface area contributed by atoms with Crippen LogP contribution in [0.2, 0.25) is 0 Å². The van der Waals surface area contributed by atoms with Gasteiger partial charge in [-0.25, -0.2) is 4.98 Å². The Hall–Kier alpha value is -2.93. The number of benzene rings is 2.